The van der Waals surface area contributed by atoms with Crippen LogP contribution in [-0.2, 0) is 17.0 Å². The van der Waals surface area contributed by atoms with Gasteiger partial charge in [-0.1, -0.05) is 23.9 Å². The Bertz CT molecular complexity index is 743. The highest BCUT2D eigenvalue weighted by Crippen LogP contribution is 2.21. The Morgan fingerprint density at radius 3 is 2.86 bits per heavy atom. The summed E-state index contributed by atoms with van der Waals surface area (Å²) in [6.45, 7) is 1.70. The van der Waals surface area contributed by atoms with Gasteiger partial charge in [-0.3, -0.25) is 9.59 Å². The molecule has 2 rings (SSSR count). The molecule has 0 saturated carbocycles. The molecule has 0 spiro atoms. The van der Waals surface area contributed by atoms with E-state index in [-0.39, 0.29) is 12.0 Å². The maximum absolute atomic E-state index is 12.0. The molecule has 0 aliphatic rings. The summed E-state index contributed by atoms with van der Waals surface area (Å²) in [5.74, 6) is 0.883. The maximum atomic E-state index is 12.0. The van der Waals surface area contributed by atoms with Crippen molar-refractivity contribution in [3.05, 3.63) is 51.4 Å². The van der Waals surface area contributed by atoms with E-state index in [1.807, 2.05) is 24.3 Å². The fourth-order valence-electron chi connectivity index (χ4n) is 1.95. The molecule has 116 valence electrons. The molecule has 2 aromatic rings. The number of carbonyl (C=O) groups is 1. The minimum atomic E-state index is -0.549. The first-order chi connectivity index (χ1) is 10.5. The third kappa shape index (κ3) is 4.11. The molecule has 0 saturated heterocycles. The standard InChI is InChI=1S/C15H17N3O3S/c1-9-12(7-13(16)19)14(20)18-15(17-9)22-8-10-4-3-5-11(6-10)21-2/h3-6H,7-8H2,1-2H3,(H2,16,19)(H,17,18,20). The molecule has 0 bridgehead atoms. The van der Waals surface area contributed by atoms with Gasteiger partial charge < -0.3 is 15.5 Å². The van der Waals surface area contributed by atoms with Gasteiger partial charge in [-0.2, -0.15) is 0 Å². The molecule has 0 aliphatic heterocycles. The third-order valence-corrected chi connectivity index (χ3v) is 4.01. The van der Waals surface area contributed by atoms with E-state index in [1.54, 1.807) is 14.0 Å². The molecule has 0 radical (unpaired) electrons. The minimum absolute atomic E-state index is 0.102. The summed E-state index contributed by atoms with van der Waals surface area (Å²) in [7, 11) is 1.62. The summed E-state index contributed by atoms with van der Waals surface area (Å²) < 4.78 is 5.17. The zero-order valence-electron chi connectivity index (χ0n) is 12.4. The quantitative estimate of drug-likeness (QED) is 0.619. The second kappa shape index (κ2) is 7.13. The van der Waals surface area contributed by atoms with Gasteiger partial charge in [0.25, 0.3) is 5.56 Å². The Kier molecular flexibility index (Phi) is 5.21. The number of aromatic nitrogens is 2. The molecular weight excluding hydrogens is 302 g/mol. The highest BCUT2D eigenvalue weighted by Gasteiger charge is 2.11. The van der Waals surface area contributed by atoms with Crippen LogP contribution in [0, 0.1) is 6.92 Å². The number of hydrogen-bond donors (Lipinski definition) is 2. The average molecular weight is 319 g/mol. The van der Waals surface area contributed by atoms with Gasteiger partial charge in [0.2, 0.25) is 5.91 Å². The van der Waals surface area contributed by atoms with E-state index in [9.17, 15) is 9.59 Å². The van der Waals surface area contributed by atoms with Gasteiger partial charge in [0.1, 0.15) is 5.75 Å². The summed E-state index contributed by atoms with van der Waals surface area (Å²) in [6, 6.07) is 7.69. The maximum Gasteiger partial charge on any atom is 0.255 e. The zero-order valence-corrected chi connectivity index (χ0v) is 13.2. The Morgan fingerprint density at radius 1 is 1.45 bits per heavy atom. The number of amides is 1. The summed E-state index contributed by atoms with van der Waals surface area (Å²) >= 11 is 1.41. The Balaban J connectivity index is 2.13. The van der Waals surface area contributed by atoms with Gasteiger partial charge in [-0.25, -0.2) is 4.98 Å². The third-order valence-electron chi connectivity index (χ3n) is 3.06. The van der Waals surface area contributed by atoms with Gasteiger partial charge >= 0.3 is 0 Å². The number of aryl methyl sites for hydroxylation is 1. The van der Waals surface area contributed by atoms with E-state index in [1.165, 1.54) is 11.8 Å². The number of nitrogens with zero attached hydrogens (tertiary/aromatic N) is 1. The topological polar surface area (TPSA) is 98.1 Å². The van der Waals surface area contributed by atoms with Gasteiger partial charge in [0, 0.05) is 17.0 Å². The number of carbonyl (C=O) groups excluding carboxylic acids is 1. The summed E-state index contributed by atoms with van der Waals surface area (Å²) in [4.78, 5) is 29.9. The zero-order chi connectivity index (χ0) is 16.1. The second-order valence-electron chi connectivity index (χ2n) is 4.72. The van der Waals surface area contributed by atoms with Crippen molar-refractivity contribution >= 4 is 17.7 Å². The number of hydrogen-bond acceptors (Lipinski definition) is 5. The number of nitrogens with two attached hydrogens (primary N) is 1. The molecular formula is C15H17N3O3S. The van der Waals surface area contributed by atoms with Crippen LogP contribution in [0.5, 0.6) is 5.75 Å². The molecule has 0 aliphatic carbocycles. The van der Waals surface area contributed by atoms with Crippen molar-refractivity contribution in [1.29, 1.82) is 0 Å². The first-order valence-corrected chi connectivity index (χ1v) is 7.62. The molecule has 7 heteroatoms. The van der Waals surface area contributed by atoms with Crippen LogP contribution in [0.25, 0.3) is 0 Å². The van der Waals surface area contributed by atoms with Crippen molar-refractivity contribution in [3.8, 4) is 5.75 Å². The number of nitrogens with one attached hydrogen (secondary N) is 1. The van der Waals surface area contributed by atoms with Crippen molar-refractivity contribution in [3.63, 3.8) is 0 Å². The largest absolute Gasteiger partial charge is 0.497 e. The van der Waals surface area contributed by atoms with Gasteiger partial charge in [0.15, 0.2) is 5.16 Å². The fourth-order valence-corrected chi connectivity index (χ4v) is 2.80. The molecule has 22 heavy (non-hydrogen) atoms. The van der Waals surface area contributed by atoms with Crippen molar-refractivity contribution in [2.75, 3.05) is 7.11 Å². The number of benzene rings is 1. The Morgan fingerprint density at radius 2 is 2.23 bits per heavy atom. The van der Waals surface area contributed by atoms with Crippen LogP contribution >= 0.6 is 11.8 Å². The number of methoxy groups -OCH3 is 1. The van der Waals surface area contributed by atoms with E-state index in [0.29, 0.717) is 22.2 Å². The molecule has 0 fully saturated rings. The number of aromatic amines is 1. The Hall–Kier alpha value is -2.28. The van der Waals surface area contributed by atoms with Crippen LogP contribution in [0.2, 0.25) is 0 Å². The highest BCUT2D eigenvalue weighted by molar-refractivity contribution is 7.98. The van der Waals surface area contributed by atoms with Crippen LogP contribution in [-0.4, -0.2) is 23.0 Å². The van der Waals surface area contributed by atoms with Crippen LogP contribution in [0.3, 0.4) is 0 Å². The lowest BCUT2D eigenvalue weighted by atomic mass is 10.2. The summed E-state index contributed by atoms with van der Waals surface area (Å²) in [5.41, 5.74) is 6.71. The minimum Gasteiger partial charge on any atom is -0.497 e. The number of ether oxygens (including phenoxy) is 1. The molecule has 1 aromatic heterocycles. The van der Waals surface area contributed by atoms with Crippen LogP contribution in [0.4, 0.5) is 0 Å². The molecule has 0 atom stereocenters. The van der Waals surface area contributed by atoms with Crippen molar-refractivity contribution in [2.45, 2.75) is 24.3 Å². The number of primary amides is 1. The monoisotopic (exact) mass is 319 g/mol. The lowest BCUT2D eigenvalue weighted by Crippen LogP contribution is -2.23. The summed E-state index contributed by atoms with van der Waals surface area (Å²) in [6.07, 6.45) is -0.102. The van der Waals surface area contributed by atoms with Gasteiger partial charge in [-0.15, -0.1) is 0 Å². The number of H-pyrrole nitrogens is 1. The van der Waals surface area contributed by atoms with Gasteiger partial charge in [-0.05, 0) is 24.6 Å². The first kappa shape index (κ1) is 16.1. The smallest absolute Gasteiger partial charge is 0.255 e. The molecule has 1 amide bonds. The second-order valence-corrected chi connectivity index (χ2v) is 5.68. The van der Waals surface area contributed by atoms with E-state index in [2.05, 4.69) is 9.97 Å². The fraction of sp³-hybridized carbons (Fsp3) is 0.267. The van der Waals surface area contributed by atoms with Crippen LogP contribution < -0.4 is 16.0 Å². The van der Waals surface area contributed by atoms with E-state index < -0.39 is 5.91 Å². The van der Waals surface area contributed by atoms with E-state index >= 15 is 0 Å². The molecule has 1 heterocycles. The molecule has 1 aromatic carbocycles. The normalized spacial score (nSPS) is 10.5. The van der Waals surface area contributed by atoms with E-state index in [0.717, 1.165) is 11.3 Å². The molecule has 6 nitrogen and oxygen atoms in total. The lowest BCUT2D eigenvalue weighted by Gasteiger charge is -2.07. The van der Waals surface area contributed by atoms with Crippen molar-refractivity contribution < 1.29 is 9.53 Å². The lowest BCUT2D eigenvalue weighted by molar-refractivity contribution is -0.117. The summed E-state index contributed by atoms with van der Waals surface area (Å²) in [5, 5.41) is 0.513. The average Bonchev–Trinajstić information content (AvgIpc) is 2.49. The number of rotatable bonds is 6. The van der Waals surface area contributed by atoms with Crippen LogP contribution in [0.15, 0.2) is 34.2 Å². The predicted octanol–water partition coefficient (Wildman–Crippen LogP) is 1.41. The molecule has 3 N–H and O–H groups in total. The van der Waals surface area contributed by atoms with E-state index in [4.69, 9.17) is 10.5 Å². The number of thioether (sulfide) groups is 1. The Labute approximate surface area is 132 Å². The SMILES string of the molecule is COc1cccc(CSc2nc(C)c(CC(N)=O)c(=O)[nH]2)c1. The highest BCUT2D eigenvalue weighted by atomic mass is 32.2. The van der Waals surface area contributed by atoms with Crippen molar-refractivity contribution in [1.82, 2.24) is 9.97 Å². The predicted molar refractivity (Wildman–Crippen MR) is 85.0 cm³/mol. The van der Waals surface area contributed by atoms with Crippen LogP contribution in [0.1, 0.15) is 16.8 Å². The van der Waals surface area contributed by atoms with Crippen molar-refractivity contribution in [2.24, 2.45) is 5.73 Å². The van der Waals surface area contributed by atoms with Gasteiger partial charge in [0.05, 0.1) is 13.5 Å². The molecule has 0 unspecified atom stereocenters. The first-order valence-electron chi connectivity index (χ1n) is 6.63.